The standard InChI is InChI=1S/C17H21N2O5P/c1-13(2)22-17(20)14(3)19-25(21,23-15-8-5-4-6-9-15)24-16-10-7-11-18-12-16/h4-14H,1-3H3,(H,19,21)/t14-,25+/m0/s1. The highest BCUT2D eigenvalue weighted by Gasteiger charge is 2.34. The van der Waals surface area contributed by atoms with Gasteiger partial charge in [0, 0.05) is 6.20 Å². The minimum Gasteiger partial charge on any atom is -0.462 e. The fraction of sp³-hybridized carbons (Fsp3) is 0.294. The molecule has 134 valence electrons. The molecule has 0 spiro atoms. The lowest BCUT2D eigenvalue weighted by Gasteiger charge is -2.23. The smallest absolute Gasteiger partial charge is 0.462 e. The number of para-hydroxylation sites is 1. The van der Waals surface area contributed by atoms with Crippen molar-refractivity contribution in [3.05, 3.63) is 54.9 Å². The van der Waals surface area contributed by atoms with E-state index in [0.717, 1.165) is 0 Å². The SMILES string of the molecule is CC(C)OC(=O)[C@H](C)N[P@@](=O)(Oc1ccccc1)Oc1cccnc1. The number of hydrogen-bond donors (Lipinski definition) is 1. The van der Waals surface area contributed by atoms with Gasteiger partial charge in [-0.05, 0) is 45.0 Å². The lowest BCUT2D eigenvalue weighted by atomic mass is 10.3. The van der Waals surface area contributed by atoms with Crippen LogP contribution in [0, 0.1) is 0 Å². The van der Waals surface area contributed by atoms with Crippen molar-refractivity contribution in [1.29, 1.82) is 0 Å². The van der Waals surface area contributed by atoms with Crippen LogP contribution < -0.4 is 14.1 Å². The van der Waals surface area contributed by atoms with Gasteiger partial charge in [-0.25, -0.2) is 4.57 Å². The normalized spacial score (nSPS) is 14.4. The molecule has 0 aliphatic heterocycles. The minimum atomic E-state index is -3.91. The Labute approximate surface area is 146 Å². The van der Waals surface area contributed by atoms with Crippen molar-refractivity contribution >= 4 is 13.7 Å². The molecule has 1 heterocycles. The Hall–Kier alpha value is -2.37. The van der Waals surface area contributed by atoms with Crippen molar-refractivity contribution in [1.82, 2.24) is 10.1 Å². The molecule has 0 fully saturated rings. The number of nitrogens with zero attached hydrogens (tertiary/aromatic N) is 1. The van der Waals surface area contributed by atoms with Crippen LogP contribution in [0.4, 0.5) is 0 Å². The molecule has 25 heavy (non-hydrogen) atoms. The quantitative estimate of drug-likeness (QED) is 0.566. The van der Waals surface area contributed by atoms with Crippen LogP contribution in [-0.2, 0) is 14.1 Å². The van der Waals surface area contributed by atoms with E-state index >= 15 is 0 Å². The van der Waals surface area contributed by atoms with E-state index in [1.807, 2.05) is 0 Å². The number of ether oxygens (including phenoxy) is 1. The lowest BCUT2D eigenvalue weighted by Crippen LogP contribution is -2.36. The van der Waals surface area contributed by atoms with Crippen molar-refractivity contribution in [2.45, 2.75) is 32.9 Å². The summed E-state index contributed by atoms with van der Waals surface area (Å²) in [6.07, 6.45) is 2.68. The van der Waals surface area contributed by atoms with Gasteiger partial charge in [0.25, 0.3) is 0 Å². The second-order valence-electron chi connectivity index (χ2n) is 5.52. The first-order valence-corrected chi connectivity index (χ1v) is 9.35. The molecule has 0 saturated heterocycles. The number of benzene rings is 1. The molecule has 1 aromatic heterocycles. The zero-order valence-electron chi connectivity index (χ0n) is 14.3. The highest BCUT2D eigenvalue weighted by Crippen LogP contribution is 2.45. The third-order valence-electron chi connectivity index (χ3n) is 2.89. The van der Waals surface area contributed by atoms with Crippen molar-refractivity contribution in [3.8, 4) is 11.5 Å². The number of carbonyl (C=O) groups excluding carboxylic acids is 1. The van der Waals surface area contributed by atoms with Crippen molar-refractivity contribution in [3.63, 3.8) is 0 Å². The molecule has 2 atom stereocenters. The van der Waals surface area contributed by atoms with Gasteiger partial charge < -0.3 is 13.8 Å². The fourth-order valence-electron chi connectivity index (χ4n) is 1.86. The summed E-state index contributed by atoms with van der Waals surface area (Å²) >= 11 is 0. The first-order chi connectivity index (χ1) is 11.9. The van der Waals surface area contributed by atoms with E-state index in [9.17, 15) is 9.36 Å². The maximum Gasteiger partial charge on any atom is 0.513 e. The first-order valence-electron chi connectivity index (χ1n) is 7.80. The monoisotopic (exact) mass is 364 g/mol. The number of nitrogens with one attached hydrogen (secondary N) is 1. The van der Waals surface area contributed by atoms with E-state index in [2.05, 4.69) is 10.1 Å². The van der Waals surface area contributed by atoms with E-state index in [-0.39, 0.29) is 11.9 Å². The average molecular weight is 364 g/mol. The Morgan fingerprint density at radius 1 is 1.04 bits per heavy atom. The van der Waals surface area contributed by atoms with Gasteiger partial charge in [0.05, 0.1) is 12.3 Å². The molecule has 0 amide bonds. The van der Waals surface area contributed by atoms with Gasteiger partial charge in [0.2, 0.25) is 0 Å². The second kappa shape index (κ2) is 8.65. The first kappa shape index (κ1) is 19.0. The predicted molar refractivity (Wildman–Crippen MR) is 93.4 cm³/mol. The summed E-state index contributed by atoms with van der Waals surface area (Å²) in [7, 11) is -3.91. The number of esters is 1. The molecule has 0 unspecified atom stereocenters. The molecule has 0 radical (unpaired) electrons. The van der Waals surface area contributed by atoms with E-state index in [1.54, 1.807) is 62.5 Å². The van der Waals surface area contributed by atoms with Crippen LogP contribution >= 0.6 is 7.75 Å². The van der Waals surface area contributed by atoms with Crippen molar-refractivity contribution in [2.24, 2.45) is 0 Å². The molecule has 7 nitrogen and oxygen atoms in total. The Bertz CT molecular complexity index is 679. The van der Waals surface area contributed by atoms with E-state index < -0.39 is 19.8 Å². The van der Waals surface area contributed by atoms with Gasteiger partial charge in [-0.15, -0.1) is 0 Å². The van der Waals surface area contributed by atoms with Crippen LogP contribution in [0.3, 0.4) is 0 Å². The summed E-state index contributed by atoms with van der Waals surface area (Å²) < 4.78 is 29.3. The number of hydrogen-bond acceptors (Lipinski definition) is 6. The summed E-state index contributed by atoms with van der Waals surface area (Å²) in [5.74, 6) is 0.0343. The highest BCUT2D eigenvalue weighted by atomic mass is 31.2. The Kier molecular flexibility index (Phi) is 6.56. The zero-order chi connectivity index (χ0) is 18.3. The maximum absolute atomic E-state index is 13.2. The van der Waals surface area contributed by atoms with Gasteiger partial charge in [0.1, 0.15) is 17.5 Å². The number of aromatic nitrogens is 1. The summed E-state index contributed by atoms with van der Waals surface area (Å²) in [5, 5.41) is 2.60. The summed E-state index contributed by atoms with van der Waals surface area (Å²) in [6.45, 7) is 4.99. The molecule has 0 aliphatic rings. The van der Waals surface area contributed by atoms with Gasteiger partial charge in [-0.1, -0.05) is 18.2 Å². The molecule has 0 aliphatic carbocycles. The molecule has 0 bridgehead atoms. The van der Waals surface area contributed by atoms with Crippen LogP contribution in [0.15, 0.2) is 54.9 Å². The minimum absolute atomic E-state index is 0.249. The third kappa shape index (κ3) is 6.21. The number of rotatable bonds is 8. The van der Waals surface area contributed by atoms with Crippen LogP contribution in [0.1, 0.15) is 20.8 Å². The lowest BCUT2D eigenvalue weighted by molar-refractivity contribution is -0.149. The van der Waals surface area contributed by atoms with Crippen LogP contribution in [-0.4, -0.2) is 23.1 Å². The number of carbonyl (C=O) groups is 1. The molecule has 8 heteroatoms. The average Bonchev–Trinajstić information content (AvgIpc) is 2.55. The molecular formula is C17H21N2O5P. The van der Waals surface area contributed by atoms with Crippen LogP contribution in [0.2, 0.25) is 0 Å². The van der Waals surface area contributed by atoms with Gasteiger partial charge in [-0.3, -0.25) is 9.78 Å². The maximum atomic E-state index is 13.2. The van der Waals surface area contributed by atoms with E-state index in [4.69, 9.17) is 13.8 Å². The van der Waals surface area contributed by atoms with E-state index in [0.29, 0.717) is 5.75 Å². The van der Waals surface area contributed by atoms with Crippen LogP contribution in [0.25, 0.3) is 0 Å². The molecule has 2 aromatic rings. The highest BCUT2D eigenvalue weighted by molar-refractivity contribution is 7.52. The van der Waals surface area contributed by atoms with Gasteiger partial charge in [-0.2, -0.15) is 5.09 Å². The Morgan fingerprint density at radius 2 is 1.68 bits per heavy atom. The summed E-state index contributed by atoms with van der Waals surface area (Å²) in [5.41, 5.74) is 0. The Balaban J connectivity index is 2.19. The van der Waals surface area contributed by atoms with Crippen molar-refractivity contribution in [2.75, 3.05) is 0 Å². The van der Waals surface area contributed by atoms with Gasteiger partial charge in [0.15, 0.2) is 0 Å². The molecule has 2 rings (SSSR count). The topological polar surface area (TPSA) is 86.8 Å². The largest absolute Gasteiger partial charge is 0.513 e. The summed E-state index contributed by atoms with van der Waals surface area (Å²) in [6, 6.07) is 10.9. The van der Waals surface area contributed by atoms with Crippen molar-refractivity contribution < 1.29 is 23.1 Å². The summed E-state index contributed by atoms with van der Waals surface area (Å²) in [4.78, 5) is 15.9. The van der Waals surface area contributed by atoms with Crippen LogP contribution in [0.5, 0.6) is 11.5 Å². The number of pyridine rings is 1. The zero-order valence-corrected chi connectivity index (χ0v) is 15.2. The Morgan fingerprint density at radius 3 is 2.28 bits per heavy atom. The molecular weight excluding hydrogens is 343 g/mol. The predicted octanol–water partition coefficient (Wildman–Crippen LogP) is 3.58. The molecule has 1 aromatic carbocycles. The molecule has 1 N–H and O–H groups in total. The van der Waals surface area contributed by atoms with Gasteiger partial charge >= 0.3 is 13.7 Å². The second-order valence-corrected chi connectivity index (χ2v) is 7.14. The fourth-order valence-corrected chi connectivity index (χ4v) is 3.36. The molecule has 0 saturated carbocycles. The third-order valence-corrected chi connectivity index (χ3v) is 4.49. The van der Waals surface area contributed by atoms with E-state index in [1.165, 1.54) is 13.1 Å².